The number of hydrogen-bond acceptors (Lipinski definition) is 4. The van der Waals surface area contributed by atoms with Crippen LogP contribution in [0.3, 0.4) is 0 Å². The molecule has 1 aliphatic heterocycles. The van der Waals surface area contributed by atoms with Crippen molar-refractivity contribution in [3.8, 4) is 0 Å². The molecular formula is C20H33NO4. The average Bonchev–Trinajstić information content (AvgIpc) is 2.51. The van der Waals surface area contributed by atoms with E-state index in [4.69, 9.17) is 4.74 Å². The standard InChI is InChI=1S/C20H33NO4/c1-18(2)14-19(3,4)16(23)13-20(12-15(18)22)7-9-21(10-8-20)17(24)6-11-25-5/h6-14H2,1-5H3. The second-order valence-electron chi connectivity index (χ2n) is 9.27. The zero-order valence-corrected chi connectivity index (χ0v) is 16.4. The third-order valence-electron chi connectivity index (χ3n) is 6.16. The van der Waals surface area contributed by atoms with Crippen molar-refractivity contribution in [3.63, 3.8) is 0 Å². The van der Waals surface area contributed by atoms with Gasteiger partial charge in [-0.05, 0) is 24.7 Å². The molecule has 2 rings (SSSR count). The Morgan fingerprint density at radius 1 is 1.00 bits per heavy atom. The van der Waals surface area contributed by atoms with Crippen LogP contribution in [0.15, 0.2) is 0 Å². The summed E-state index contributed by atoms with van der Waals surface area (Å²) in [6, 6.07) is 0. The molecule has 1 saturated heterocycles. The second-order valence-corrected chi connectivity index (χ2v) is 9.27. The van der Waals surface area contributed by atoms with E-state index in [-0.39, 0.29) is 22.9 Å². The van der Waals surface area contributed by atoms with Crippen LogP contribution in [-0.2, 0) is 19.1 Å². The van der Waals surface area contributed by atoms with Gasteiger partial charge in [0.2, 0.25) is 5.91 Å². The van der Waals surface area contributed by atoms with Crippen molar-refractivity contribution in [1.29, 1.82) is 0 Å². The number of carbonyl (C=O) groups is 3. The third kappa shape index (κ3) is 4.49. The summed E-state index contributed by atoms with van der Waals surface area (Å²) in [6.45, 7) is 9.55. The maximum absolute atomic E-state index is 12.9. The zero-order valence-electron chi connectivity index (χ0n) is 16.4. The number of ether oxygens (including phenoxy) is 1. The maximum atomic E-state index is 12.9. The van der Waals surface area contributed by atoms with Crippen molar-refractivity contribution in [3.05, 3.63) is 0 Å². The number of amides is 1. The van der Waals surface area contributed by atoms with Crippen molar-refractivity contribution in [1.82, 2.24) is 4.90 Å². The lowest BCUT2D eigenvalue weighted by Gasteiger charge is -2.46. The van der Waals surface area contributed by atoms with Crippen LogP contribution in [0.25, 0.3) is 0 Å². The number of piperidine rings is 1. The molecule has 0 unspecified atom stereocenters. The highest BCUT2D eigenvalue weighted by Gasteiger charge is 2.48. The fourth-order valence-electron chi connectivity index (χ4n) is 4.46. The minimum atomic E-state index is -0.474. The highest BCUT2D eigenvalue weighted by atomic mass is 16.5. The Hall–Kier alpha value is -1.23. The van der Waals surface area contributed by atoms with Crippen molar-refractivity contribution in [2.24, 2.45) is 16.2 Å². The van der Waals surface area contributed by atoms with E-state index in [0.29, 0.717) is 45.4 Å². The van der Waals surface area contributed by atoms with Gasteiger partial charge in [0.05, 0.1) is 13.0 Å². The van der Waals surface area contributed by atoms with Crippen LogP contribution >= 0.6 is 0 Å². The van der Waals surface area contributed by atoms with E-state index in [1.807, 2.05) is 32.6 Å². The van der Waals surface area contributed by atoms with Gasteiger partial charge in [0.1, 0.15) is 11.6 Å². The Labute approximate surface area is 151 Å². The molecule has 0 aromatic carbocycles. The van der Waals surface area contributed by atoms with Gasteiger partial charge in [0, 0.05) is 43.9 Å². The summed E-state index contributed by atoms with van der Waals surface area (Å²) in [7, 11) is 1.59. The largest absolute Gasteiger partial charge is 0.384 e. The summed E-state index contributed by atoms with van der Waals surface area (Å²) in [5.74, 6) is 0.611. The van der Waals surface area contributed by atoms with E-state index in [0.717, 1.165) is 12.8 Å². The van der Waals surface area contributed by atoms with Gasteiger partial charge in [-0.25, -0.2) is 0 Å². The second kappa shape index (κ2) is 7.18. The molecule has 0 aromatic heterocycles. The number of carbonyl (C=O) groups excluding carboxylic acids is 3. The van der Waals surface area contributed by atoms with Crippen molar-refractivity contribution in [2.75, 3.05) is 26.8 Å². The van der Waals surface area contributed by atoms with Crippen molar-refractivity contribution < 1.29 is 19.1 Å². The molecule has 1 aliphatic carbocycles. The van der Waals surface area contributed by atoms with Crippen LogP contribution in [0, 0.1) is 16.2 Å². The Bertz CT molecular complexity index is 512. The fourth-order valence-corrected chi connectivity index (χ4v) is 4.46. The van der Waals surface area contributed by atoms with Gasteiger partial charge >= 0.3 is 0 Å². The first-order valence-electron chi connectivity index (χ1n) is 9.35. The molecule has 0 radical (unpaired) electrons. The normalized spacial score (nSPS) is 25.6. The molecule has 0 bridgehead atoms. The lowest BCUT2D eigenvalue weighted by molar-refractivity contribution is -0.144. The molecule has 2 fully saturated rings. The number of methoxy groups -OCH3 is 1. The summed E-state index contributed by atoms with van der Waals surface area (Å²) in [6.07, 6.45) is 3.38. The highest BCUT2D eigenvalue weighted by molar-refractivity contribution is 5.91. The number of nitrogens with zero attached hydrogens (tertiary/aromatic N) is 1. The van der Waals surface area contributed by atoms with E-state index >= 15 is 0 Å². The summed E-state index contributed by atoms with van der Waals surface area (Å²) in [4.78, 5) is 39.9. The van der Waals surface area contributed by atoms with Crippen LogP contribution in [0.4, 0.5) is 0 Å². The van der Waals surface area contributed by atoms with Gasteiger partial charge in [-0.2, -0.15) is 0 Å². The molecular weight excluding hydrogens is 318 g/mol. The monoisotopic (exact) mass is 351 g/mol. The Balaban J connectivity index is 2.14. The number of rotatable bonds is 3. The van der Waals surface area contributed by atoms with Crippen molar-refractivity contribution >= 4 is 17.5 Å². The summed E-state index contributed by atoms with van der Waals surface area (Å²) in [5.41, 5.74) is -1.23. The van der Waals surface area contributed by atoms with E-state index in [2.05, 4.69) is 0 Å². The van der Waals surface area contributed by atoms with Gasteiger partial charge in [-0.1, -0.05) is 27.7 Å². The minimum absolute atomic E-state index is 0.0980. The Morgan fingerprint density at radius 2 is 1.48 bits per heavy atom. The Morgan fingerprint density at radius 3 is 1.92 bits per heavy atom. The lowest BCUT2D eigenvalue weighted by Crippen LogP contribution is -2.49. The topological polar surface area (TPSA) is 63.7 Å². The summed E-state index contributed by atoms with van der Waals surface area (Å²) < 4.78 is 4.98. The SMILES string of the molecule is COCCC(=O)N1CCC2(CC1)CC(=O)C(C)(C)CC(C)(C)C(=O)C2. The van der Waals surface area contributed by atoms with Gasteiger partial charge in [-0.3, -0.25) is 14.4 Å². The van der Waals surface area contributed by atoms with Gasteiger partial charge in [0.15, 0.2) is 0 Å². The van der Waals surface area contributed by atoms with E-state index in [9.17, 15) is 14.4 Å². The molecule has 1 amide bonds. The first-order chi connectivity index (χ1) is 11.5. The number of likely N-dealkylation sites (tertiary alicyclic amines) is 1. The summed E-state index contributed by atoms with van der Waals surface area (Å²) in [5, 5.41) is 0. The third-order valence-corrected chi connectivity index (χ3v) is 6.16. The minimum Gasteiger partial charge on any atom is -0.384 e. The molecule has 0 N–H and O–H groups in total. The van der Waals surface area contributed by atoms with Crippen LogP contribution in [-0.4, -0.2) is 49.2 Å². The van der Waals surface area contributed by atoms with Crippen molar-refractivity contribution in [2.45, 2.75) is 66.2 Å². The first-order valence-corrected chi connectivity index (χ1v) is 9.35. The molecule has 25 heavy (non-hydrogen) atoms. The summed E-state index contributed by atoms with van der Waals surface area (Å²) >= 11 is 0. The quantitative estimate of drug-likeness (QED) is 0.784. The van der Waals surface area contributed by atoms with E-state index < -0.39 is 10.8 Å². The number of Topliss-reactive ketones (excluding diaryl/α,β-unsaturated/α-hetero) is 2. The predicted molar refractivity (Wildman–Crippen MR) is 96.2 cm³/mol. The molecule has 5 heteroatoms. The van der Waals surface area contributed by atoms with Gasteiger partial charge in [0.25, 0.3) is 0 Å². The van der Waals surface area contributed by atoms with Gasteiger partial charge in [-0.15, -0.1) is 0 Å². The molecule has 1 saturated carbocycles. The predicted octanol–water partition coefficient (Wildman–Crippen LogP) is 3.01. The molecule has 1 heterocycles. The average molecular weight is 351 g/mol. The van der Waals surface area contributed by atoms with E-state index in [1.54, 1.807) is 7.11 Å². The molecule has 142 valence electrons. The first kappa shape index (κ1) is 20.1. The molecule has 0 aromatic rings. The van der Waals surface area contributed by atoms with Crippen LogP contribution in [0.5, 0.6) is 0 Å². The van der Waals surface area contributed by atoms with Crippen LogP contribution in [0.1, 0.15) is 66.2 Å². The van der Waals surface area contributed by atoms with E-state index in [1.165, 1.54) is 0 Å². The maximum Gasteiger partial charge on any atom is 0.224 e. The lowest BCUT2D eigenvalue weighted by atomic mass is 9.59. The smallest absolute Gasteiger partial charge is 0.224 e. The molecule has 1 spiro atoms. The zero-order chi connectivity index (χ0) is 18.9. The Kier molecular flexibility index (Phi) is 5.77. The fraction of sp³-hybridized carbons (Fsp3) is 0.850. The highest BCUT2D eigenvalue weighted by Crippen LogP contribution is 2.48. The molecule has 5 nitrogen and oxygen atoms in total. The molecule has 0 atom stereocenters. The van der Waals surface area contributed by atoms with Crippen LogP contribution < -0.4 is 0 Å². The number of hydrogen-bond donors (Lipinski definition) is 0. The van der Waals surface area contributed by atoms with Gasteiger partial charge < -0.3 is 9.64 Å². The van der Waals surface area contributed by atoms with Crippen LogP contribution in [0.2, 0.25) is 0 Å². The number of ketones is 2. The molecule has 2 aliphatic rings.